The first-order valence-electron chi connectivity index (χ1n) is 8.31. The lowest BCUT2D eigenvalue weighted by atomic mass is 9.87. The van der Waals surface area contributed by atoms with Crippen LogP contribution in [0.2, 0.25) is 0 Å². The lowest BCUT2D eigenvalue weighted by Gasteiger charge is -2.20. The van der Waals surface area contributed by atoms with Crippen LogP contribution in [0.25, 0.3) is 0 Å². The van der Waals surface area contributed by atoms with E-state index in [-0.39, 0.29) is 5.41 Å². The fraction of sp³-hybridized carbons (Fsp3) is 0.824. The molecule has 1 aliphatic carbocycles. The lowest BCUT2D eigenvalue weighted by Crippen LogP contribution is -2.20. The number of nitrogens with two attached hydrogens (primary N) is 1. The van der Waals surface area contributed by atoms with Crippen molar-refractivity contribution in [3.8, 4) is 0 Å². The highest BCUT2D eigenvalue weighted by molar-refractivity contribution is 5.42. The minimum Gasteiger partial charge on any atom is -0.384 e. The van der Waals surface area contributed by atoms with Crippen LogP contribution in [0.15, 0.2) is 0 Å². The van der Waals surface area contributed by atoms with E-state index in [0.29, 0.717) is 5.92 Å². The van der Waals surface area contributed by atoms with Crippen LogP contribution < -0.4 is 5.73 Å². The first-order valence-corrected chi connectivity index (χ1v) is 8.31. The number of unbranched alkanes of at least 4 members (excludes halogenated alkanes) is 1. The molecule has 0 aromatic carbocycles. The molecule has 0 spiro atoms. The van der Waals surface area contributed by atoms with Crippen molar-refractivity contribution < 1.29 is 0 Å². The Morgan fingerprint density at radius 2 is 1.85 bits per heavy atom. The topological polar surface area (TPSA) is 43.8 Å². The largest absolute Gasteiger partial charge is 0.384 e. The molecule has 0 amide bonds. The van der Waals surface area contributed by atoms with E-state index in [4.69, 9.17) is 10.7 Å². The summed E-state index contributed by atoms with van der Waals surface area (Å²) in [6.45, 7) is 9.95. The average molecular weight is 277 g/mol. The van der Waals surface area contributed by atoms with E-state index >= 15 is 0 Å². The third-order valence-electron chi connectivity index (χ3n) is 4.43. The maximum absolute atomic E-state index is 6.47. The second-order valence-corrected chi connectivity index (χ2v) is 7.30. The minimum atomic E-state index is 0.0643. The first-order chi connectivity index (χ1) is 9.45. The molecule has 1 aromatic rings. The fourth-order valence-electron chi connectivity index (χ4n) is 3.28. The summed E-state index contributed by atoms with van der Waals surface area (Å²) in [5.74, 6) is 2.70. The molecule has 3 nitrogen and oxygen atoms in total. The summed E-state index contributed by atoms with van der Waals surface area (Å²) in [4.78, 5) is 5.00. The minimum absolute atomic E-state index is 0.0643. The smallest absolute Gasteiger partial charge is 0.127 e. The molecular formula is C17H31N3. The number of nitrogens with zero attached hydrogens (tertiary/aromatic N) is 2. The quantitative estimate of drug-likeness (QED) is 0.873. The summed E-state index contributed by atoms with van der Waals surface area (Å²) >= 11 is 0. The maximum Gasteiger partial charge on any atom is 0.127 e. The highest BCUT2D eigenvalue weighted by Gasteiger charge is 2.28. The second-order valence-electron chi connectivity index (χ2n) is 7.30. The van der Waals surface area contributed by atoms with Gasteiger partial charge in [-0.3, -0.25) is 0 Å². The number of aromatic nitrogens is 2. The van der Waals surface area contributed by atoms with Crippen LogP contribution >= 0.6 is 0 Å². The molecule has 3 heteroatoms. The highest BCUT2D eigenvalue weighted by Crippen LogP contribution is 2.37. The van der Waals surface area contributed by atoms with Crippen LogP contribution in [0.5, 0.6) is 0 Å². The van der Waals surface area contributed by atoms with Crippen LogP contribution in [-0.2, 0) is 12.0 Å². The molecule has 0 bridgehead atoms. The van der Waals surface area contributed by atoms with E-state index in [1.54, 1.807) is 0 Å². The Kier molecular flexibility index (Phi) is 4.77. The van der Waals surface area contributed by atoms with Crippen LogP contribution in [-0.4, -0.2) is 9.55 Å². The zero-order valence-electron chi connectivity index (χ0n) is 13.7. The Hall–Kier alpha value is -0.990. The molecule has 1 fully saturated rings. The molecule has 2 N–H and O–H groups in total. The molecule has 1 aromatic heterocycles. The van der Waals surface area contributed by atoms with E-state index in [0.717, 1.165) is 12.4 Å². The van der Waals surface area contributed by atoms with Crippen molar-refractivity contribution in [3.63, 3.8) is 0 Å². The van der Waals surface area contributed by atoms with Gasteiger partial charge >= 0.3 is 0 Å². The zero-order valence-corrected chi connectivity index (χ0v) is 13.7. The van der Waals surface area contributed by atoms with Crippen LogP contribution in [0.4, 0.5) is 5.82 Å². The van der Waals surface area contributed by atoms with E-state index < -0.39 is 0 Å². The van der Waals surface area contributed by atoms with E-state index in [1.807, 2.05) is 0 Å². The number of imidazole rings is 1. The van der Waals surface area contributed by atoms with Gasteiger partial charge in [0.1, 0.15) is 11.6 Å². The van der Waals surface area contributed by atoms with Gasteiger partial charge in [-0.05, 0) is 19.3 Å². The normalized spacial score (nSPS) is 17.6. The summed E-state index contributed by atoms with van der Waals surface area (Å²) in [5.41, 5.74) is 7.72. The van der Waals surface area contributed by atoms with Gasteiger partial charge in [0.2, 0.25) is 0 Å². The van der Waals surface area contributed by atoms with Crippen LogP contribution in [0.1, 0.15) is 90.1 Å². The van der Waals surface area contributed by atoms with Gasteiger partial charge in [0.15, 0.2) is 0 Å². The highest BCUT2D eigenvalue weighted by atomic mass is 15.2. The number of anilines is 1. The van der Waals surface area contributed by atoms with E-state index in [1.165, 1.54) is 56.5 Å². The summed E-state index contributed by atoms with van der Waals surface area (Å²) in [6, 6.07) is 0. The van der Waals surface area contributed by atoms with Gasteiger partial charge < -0.3 is 10.3 Å². The van der Waals surface area contributed by atoms with Crippen molar-refractivity contribution in [3.05, 3.63) is 11.5 Å². The Labute approximate surface area is 124 Å². The molecule has 1 aliphatic rings. The van der Waals surface area contributed by atoms with Crippen molar-refractivity contribution in [2.24, 2.45) is 0 Å². The molecule has 114 valence electrons. The number of rotatable bonds is 4. The summed E-state index contributed by atoms with van der Waals surface area (Å²) in [5, 5.41) is 0. The van der Waals surface area contributed by atoms with Crippen LogP contribution in [0, 0.1) is 0 Å². The van der Waals surface area contributed by atoms with Crippen molar-refractivity contribution in [1.29, 1.82) is 0 Å². The lowest BCUT2D eigenvalue weighted by molar-refractivity contribution is 0.436. The number of hydrogen-bond donors (Lipinski definition) is 1. The molecule has 0 aliphatic heterocycles. The molecule has 1 saturated carbocycles. The Morgan fingerprint density at radius 1 is 1.20 bits per heavy atom. The van der Waals surface area contributed by atoms with Gasteiger partial charge in [-0.1, -0.05) is 53.4 Å². The monoisotopic (exact) mass is 277 g/mol. The SMILES string of the molecule is CCCCn1c(C(C)(C)C)nc(C2CCCCC2)c1N. The van der Waals surface area contributed by atoms with Gasteiger partial charge in [-0.2, -0.15) is 0 Å². The average Bonchev–Trinajstić information content (AvgIpc) is 2.74. The molecule has 2 rings (SSSR count). The van der Waals surface area contributed by atoms with Gasteiger partial charge in [-0.25, -0.2) is 4.98 Å². The Morgan fingerprint density at radius 3 is 2.40 bits per heavy atom. The Bertz CT molecular complexity index is 434. The van der Waals surface area contributed by atoms with E-state index in [9.17, 15) is 0 Å². The molecular weight excluding hydrogens is 246 g/mol. The van der Waals surface area contributed by atoms with Gasteiger partial charge in [0, 0.05) is 17.9 Å². The van der Waals surface area contributed by atoms with Crippen molar-refractivity contribution in [1.82, 2.24) is 9.55 Å². The molecule has 0 saturated heterocycles. The molecule has 1 heterocycles. The number of hydrogen-bond acceptors (Lipinski definition) is 2. The van der Waals surface area contributed by atoms with Gasteiger partial charge in [0.05, 0.1) is 5.69 Å². The molecule has 0 radical (unpaired) electrons. The second kappa shape index (κ2) is 6.19. The predicted octanol–water partition coefficient (Wildman–Crippen LogP) is 4.61. The predicted molar refractivity (Wildman–Crippen MR) is 86.1 cm³/mol. The van der Waals surface area contributed by atoms with Crippen molar-refractivity contribution >= 4 is 5.82 Å². The first kappa shape index (κ1) is 15.4. The summed E-state index contributed by atoms with van der Waals surface area (Å²) in [7, 11) is 0. The summed E-state index contributed by atoms with van der Waals surface area (Å²) < 4.78 is 2.29. The number of nitrogen functional groups attached to an aromatic ring is 1. The van der Waals surface area contributed by atoms with Crippen molar-refractivity contribution in [2.45, 2.75) is 90.5 Å². The molecule has 0 unspecified atom stereocenters. The Balaban J connectivity index is 2.35. The third kappa shape index (κ3) is 3.18. The zero-order chi connectivity index (χ0) is 14.8. The van der Waals surface area contributed by atoms with Gasteiger partial charge in [-0.15, -0.1) is 0 Å². The van der Waals surface area contributed by atoms with Gasteiger partial charge in [0.25, 0.3) is 0 Å². The summed E-state index contributed by atoms with van der Waals surface area (Å²) in [6.07, 6.45) is 8.93. The fourth-order valence-corrected chi connectivity index (χ4v) is 3.28. The standard InChI is InChI=1S/C17H31N3/c1-5-6-12-20-15(18)14(13-10-8-7-9-11-13)19-16(20)17(2,3)4/h13H,5-12,18H2,1-4H3. The van der Waals surface area contributed by atoms with Crippen molar-refractivity contribution in [2.75, 3.05) is 5.73 Å². The molecule has 0 atom stereocenters. The van der Waals surface area contributed by atoms with E-state index in [2.05, 4.69) is 32.3 Å². The molecule has 20 heavy (non-hydrogen) atoms. The maximum atomic E-state index is 6.47. The van der Waals surface area contributed by atoms with Crippen LogP contribution in [0.3, 0.4) is 0 Å². The third-order valence-corrected chi connectivity index (χ3v) is 4.43.